The Morgan fingerprint density at radius 1 is 1.06 bits per heavy atom. The van der Waals surface area contributed by atoms with Crippen LogP contribution in [0, 0.1) is 0 Å². The van der Waals surface area contributed by atoms with E-state index in [-0.39, 0.29) is 12.1 Å². The molecular formula is C26H35N3O4. The molecule has 1 unspecified atom stereocenters. The molecule has 0 aromatic heterocycles. The molecule has 1 saturated heterocycles. The third-order valence-electron chi connectivity index (χ3n) is 6.72. The molecule has 1 amide bonds. The number of carbonyl (C=O) groups excluding carboxylic acids is 1. The molecular weight excluding hydrogens is 418 g/mol. The monoisotopic (exact) mass is 453 g/mol. The van der Waals surface area contributed by atoms with E-state index in [1.54, 1.807) is 7.11 Å². The summed E-state index contributed by atoms with van der Waals surface area (Å²) < 4.78 is 17.4. The number of nitrogens with two attached hydrogens (primary N) is 1. The van der Waals surface area contributed by atoms with Crippen molar-refractivity contribution >= 4 is 11.6 Å². The Morgan fingerprint density at radius 3 is 2.48 bits per heavy atom. The number of rotatable bonds is 9. The van der Waals surface area contributed by atoms with Crippen LogP contribution in [0.5, 0.6) is 11.5 Å². The molecule has 2 fully saturated rings. The maximum atomic E-state index is 12.1. The molecule has 1 aliphatic heterocycles. The molecule has 2 aliphatic rings. The average Bonchev–Trinajstić information content (AvgIpc) is 3.34. The van der Waals surface area contributed by atoms with Gasteiger partial charge in [0.25, 0.3) is 5.91 Å². The lowest BCUT2D eigenvalue weighted by molar-refractivity contribution is -0.143. The Morgan fingerprint density at radius 2 is 1.82 bits per heavy atom. The first kappa shape index (κ1) is 23.4. The normalized spacial score (nSPS) is 20.5. The summed E-state index contributed by atoms with van der Waals surface area (Å²) in [4.78, 5) is 16.5. The van der Waals surface area contributed by atoms with Crippen molar-refractivity contribution < 1.29 is 19.0 Å². The predicted molar refractivity (Wildman–Crippen MR) is 129 cm³/mol. The van der Waals surface area contributed by atoms with Gasteiger partial charge in [-0.25, -0.2) is 0 Å². The van der Waals surface area contributed by atoms with Gasteiger partial charge in [-0.15, -0.1) is 0 Å². The van der Waals surface area contributed by atoms with Crippen LogP contribution in [0.1, 0.15) is 31.2 Å². The van der Waals surface area contributed by atoms with E-state index in [1.165, 1.54) is 25.5 Å². The molecule has 2 aromatic carbocycles. The number of nitrogens with zero attached hydrogens (tertiary/aromatic N) is 2. The van der Waals surface area contributed by atoms with E-state index in [0.29, 0.717) is 6.54 Å². The topological polar surface area (TPSA) is 77.3 Å². The van der Waals surface area contributed by atoms with Crippen LogP contribution in [0.15, 0.2) is 48.5 Å². The Bertz CT molecular complexity index is 917. The van der Waals surface area contributed by atoms with Gasteiger partial charge in [0.15, 0.2) is 17.7 Å². The van der Waals surface area contributed by atoms with Gasteiger partial charge in [0.2, 0.25) is 0 Å². The lowest BCUT2D eigenvalue weighted by Crippen LogP contribution is -2.60. The van der Waals surface area contributed by atoms with Crippen molar-refractivity contribution in [3.8, 4) is 11.5 Å². The smallest absolute Gasteiger partial charge is 0.261 e. The quantitative estimate of drug-likeness (QED) is 0.628. The third kappa shape index (κ3) is 5.60. The van der Waals surface area contributed by atoms with E-state index in [0.717, 1.165) is 49.5 Å². The van der Waals surface area contributed by atoms with Crippen molar-refractivity contribution in [3.05, 3.63) is 54.1 Å². The highest BCUT2D eigenvalue weighted by molar-refractivity contribution is 5.78. The minimum Gasteiger partial charge on any atom is -0.493 e. The first-order valence-electron chi connectivity index (χ1n) is 11.8. The number of carbonyl (C=O) groups is 1. The second-order valence-electron chi connectivity index (χ2n) is 8.88. The van der Waals surface area contributed by atoms with Gasteiger partial charge in [-0.3, -0.25) is 9.69 Å². The van der Waals surface area contributed by atoms with Crippen LogP contribution < -0.4 is 20.1 Å². The van der Waals surface area contributed by atoms with Crippen molar-refractivity contribution in [2.45, 2.75) is 50.5 Å². The minimum absolute atomic E-state index is 0.0694. The predicted octanol–water partition coefficient (Wildman–Crippen LogP) is 3.21. The van der Waals surface area contributed by atoms with E-state index >= 15 is 0 Å². The van der Waals surface area contributed by atoms with Crippen molar-refractivity contribution in [1.29, 1.82) is 0 Å². The number of ether oxygens (including phenoxy) is 3. The molecule has 1 saturated carbocycles. The van der Waals surface area contributed by atoms with E-state index < -0.39 is 12.1 Å². The number of hydrogen-bond donors (Lipinski definition) is 1. The van der Waals surface area contributed by atoms with Crippen LogP contribution in [0.4, 0.5) is 5.69 Å². The molecule has 0 spiro atoms. The van der Waals surface area contributed by atoms with Gasteiger partial charge in [0, 0.05) is 44.5 Å². The van der Waals surface area contributed by atoms with E-state index in [9.17, 15) is 4.79 Å². The summed E-state index contributed by atoms with van der Waals surface area (Å²) in [5.41, 5.74) is 7.97. The molecule has 7 nitrogen and oxygen atoms in total. The van der Waals surface area contributed by atoms with Gasteiger partial charge in [0.1, 0.15) is 0 Å². The van der Waals surface area contributed by atoms with Gasteiger partial charge in [-0.2, -0.15) is 0 Å². The lowest BCUT2D eigenvalue weighted by atomic mass is 10.0. The van der Waals surface area contributed by atoms with Gasteiger partial charge in [-0.05, 0) is 49.8 Å². The number of piperazine rings is 1. The molecule has 178 valence electrons. The van der Waals surface area contributed by atoms with Crippen LogP contribution in [0.2, 0.25) is 0 Å². The number of methoxy groups -OCH3 is 2. The summed E-state index contributed by atoms with van der Waals surface area (Å²) in [6.45, 7) is 2.18. The summed E-state index contributed by atoms with van der Waals surface area (Å²) in [7, 11) is 3.22. The molecule has 1 aliphatic carbocycles. The molecule has 7 heteroatoms. The van der Waals surface area contributed by atoms with E-state index in [4.69, 9.17) is 19.9 Å². The average molecular weight is 454 g/mol. The molecule has 4 rings (SSSR count). The summed E-state index contributed by atoms with van der Waals surface area (Å²) in [6.07, 6.45) is 4.94. The van der Waals surface area contributed by atoms with Gasteiger partial charge in [-0.1, -0.05) is 30.3 Å². The molecule has 33 heavy (non-hydrogen) atoms. The van der Waals surface area contributed by atoms with Crippen molar-refractivity contribution in [1.82, 2.24) is 4.90 Å². The minimum atomic E-state index is -0.738. The van der Waals surface area contributed by atoms with Crippen LogP contribution >= 0.6 is 0 Å². The fourth-order valence-corrected chi connectivity index (χ4v) is 5.04. The van der Waals surface area contributed by atoms with Crippen molar-refractivity contribution in [2.24, 2.45) is 5.73 Å². The number of benzene rings is 2. The Hall–Kier alpha value is -2.77. The number of amides is 1. The fourth-order valence-electron chi connectivity index (χ4n) is 5.04. The largest absolute Gasteiger partial charge is 0.493 e. The van der Waals surface area contributed by atoms with Gasteiger partial charge < -0.3 is 24.8 Å². The Labute approximate surface area is 196 Å². The third-order valence-corrected chi connectivity index (χ3v) is 6.72. The SMILES string of the molecule is COc1ccc(N2CCN(C(OC)C(N)=O)[C@@H](Cc3ccccc3)C2)cc1OC1CCCC1. The summed E-state index contributed by atoms with van der Waals surface area (Å²) in [6, 6.07) is 16.6. The standard InChI is InChI=1S/C26H35N3O4/c1-31-23-13-12-20(17-24(23)33-22-10-6-7-11-22)28-14-15-29(26(32-2)25(27)30)21(18-28)16-19-8-4-3-5-9-19/h3-5,8-9,12-13,17,21-22,26H,6-7,10-11,14-16,18H2,1-2H3,(H2,27,30)/t21-,26?/m0/s1. The molecule has 1 heterocycles. The van der Waals surface area contributed by atoms with Crippen molar-refractivity contribution in [2.75, 3.05) is 38.8 Å². The molecule has 2 N–H and O–H groups in total. The molecule has 2 atom stereocenters. The highest BCUT2D eigenvalue weighted by Crippen LogP contribution is 2.36. The molecule has 2 aromatic rings. The molecule has 0 radical (unpaired) electrons. The lowest BCUT2D eigenvalue weighted by Gasteiger charge is -2.44. The zero-order chi connectivity index (χ0) is 23.2. The second kappa shape index (κ2) is 10.9. The van der Waals surface area contributed by atoms with Crippen LogP contribution in [0.25, 0.3) is 0 Å². The van der Waals surface area contributed by atoms with Crippen LogP contribution in [-0.2, 0) is 16.0 Å². The van der Waals surface area contributed by atoms with E-state index in [1.807, 2.05) is 24.3 Å². The summed E-state index contributed by atoms with van der Waals surface area (Å²) >= 11 is 0. The Kier molecular flexibility index (Phi) is 7.73. The summed E-state index contributed by atoms with van der Waals surface area (Å²) in [5, 5.41) is 0. The van der Waals surface area contributed by atoms with Crippen LogP contribution in [-0.4, -0.2) is 63.0 Å². The maximum absolute atomic E-state index is 12.1. The highest BCUT2D eigenvalue weighted by atomic mass is 16.5. The first-order valence-corrected chi connectivity index (χ1v) is 11.8. The van der Waals surface area contributed by atoms with E-state index in [2.05, 4.69) is 34.1 Å². The zero-order valence-electron chi connectivity index (χ0n) is 19.6. The van der Waals surface area contributed by atoms with Crippen molar-refractivity contribution in [3.63, 3.8) is 0 Å². The second-order valence-corrected chi connectivity index (χ2v) is 8.88. The van der Waals surface area contributed by atoms with Crippen LogP contribution in [0.3, 0.4) is 0 Å². The Balaban J connectivity index is 1.56. The number of anilines is 1. The first-order chi connectivity index (χ1) is 16.1. The molecule has 0 bridgehead atoms. The summed E-state index contributed by atoms with van der Waals surface area (Å²) in [5.74, 6) is 1.11. The van der Waals surface area contributed by atoms with Gasteiger partial charge in [0.05, 0.1) is 13.2 Å². The van der Waals surface area contributed by atoms with Gasteiger partial charge >= 0.3 is 0 Å². The highest BCUT2D eigenvalue weighted by Gasteiger charge is 2.35. The number of hydrogen-bond acceptors (Lipinski definition) is 6. The number of primary amides is 1. The fraction of sp³-hybridized carbons (Fsp3) is 0.500. The maximum Gasteiger partial charge on any atom is 0.261 e. The zero-order valence-corrected chi connectivity index (χ0v) is 19.6.